The molecule has 100 valence electrons. The summed E-state index contributed by atoms with van der Waals surface area (Å²) in [6, 6.07) is 4.58. The van der Waals surface area contributed by atoms with E-state index in [1.807, 2.05) is 22.6 Å². The zero-order valence-corrected chi connectivity index (χ0v) is 12.6. The van der Waals surface area contributed by atoms with Gasteiger partial charge >= 0.3 is 0 Å². The maximum Gasteiger partial charge on any atom is 0.267 e. The van der Waals surface area contributed by atoms with Gasteiger partial charge in [0.05, 0.1) is 17.2 Å². The van der Waals surface area contributed by atoms with Crippen LogP contribution in [-0.2, 0) is 6.54 Å². The van der Waals surface area contributed by atoms with Crippen LogP contribution < -0.4 is 10.3 Å². The Balaban J connectivity index is 2.42. The number of hydrogen-bond acceptors (Lipinski definition) is 3. The van der Waals surface area contributed by atoms with Crippen molar-refractivity contribution in [2.24, 2.45) is 0 Å². The first-order valence-corrected chi connectivity index (χ1v) is 6.65. The van der Waals surface area contributed by atoms with Crippen molar-refractivity contribution in [1.82, 2.24) is 9.55 Å². The van der Waals surface area contributed by atoms with Crippen LogP contribution in [0.5, 0.6) is 5.75 Å². The van der Waals surface area contributed by atoms with Crippen LogP contribution in [0.4, 0.5) is 4.39 Å². The van der Waals surface area contributed by atoms with E-state index in [0.29, 0.717) is 20.7 Å². The second-order valence-corrected chi connectivity index (χ2v) is 5.16. The van der Waals surface area contributed by atoms with Crippen molar-refractivity contribution in [2.75, 3.05) is 7.11 Å². The molecule has 0 bridgehead atoms. The standard InChI is InChI=1S/C13H12FIN2O2/c1-8-16-6-12(15)13(18)17(8)7-9-3-4-10(19-2)5-11(9)14/h3-6H,7H2,1-2H3. The zero-order valence-electron chi connectivity index (χ0n) is 10.5. The van der Waals surface area contributed by atoms with Crippen LogP contribution in [0, 0.1) is 16.3 Å². The molecule has 0 saturated heterocycles. The number of hydrogen-bond donors (Lipinski definition) is 0. The predicted octanol–water partition coefficient (Wildman–Crippen LogP) is 2.35. The first-order valence-electron chi connectivity index (χ1n) is 5.57. The third-order valence-corrected chi connectivity index (χ3v) is 3.53. The van der Waals surface area contributed by atoms with Gasteiger partial charge in [-0.15, -0.1) is 0 Å². The van der Waals surface area contributed by atoms with Gasteiger partial charge in [-0.3, -0.25) is 9.36 Å². The third-order valence-electron chi connectivity index (χ3n) is 2.79. The minimum absolute atomic E-state index is 0.157. The lowest BCUT2D eigenvalue weighted by Gasteiger charge is -2.11. The number of benzene rings is 1. The molecule has 4 nitrogen and oxygen atoms in total. The first kappa shape index (κ1) is 14.0. The molecule has 0 aliphatic carbocycles. The molecule has 0 unspecified atom stereocenters. The van der Waals surface area contributed by atoms with Gasteiger partial charge in [-0.1, -0.05) is 6.07 Å². The summed E-state index contributed by atoms with van der Waals surface area (Å²) in [4.78, 5) is 16.1. The van der Waals surface area contributed by atoms with Crippen LogP contribution in [0.15, 0.2) is 29.2 Å². The summed E-state index contributed by atoms with van der Waals surface area (Å²) >= 11 is 1.92. The summed E-state index contributed by atoms with van der Waals surface area (Å²) in [6.07, 6.45) is 1.51. The van der Waals surface area contributed by atoms with Gasteiger partial charge in [0.2, 0.25) is 0 Å². The molecule has 0 spiro atoms. The van der Waals surface area contributed by atoms with Crippen LogP contribution in [0.3, 0.4) is 0 Å². The molecule has 2 rings (SSSR count). The highest BCUT2D eigenvalue weighted by molar-refractivity contribution is 14.1. The first-order chi connectivity index (χ1) is 9.02. The van der Waals surface area contributed by atoms with Crippen LogP contribution in [0.25, 0.3) is 0 Å². The molecule has 1 aromatic carbocycles. The van der Waals surface area contributed by atoms with E-state index in [2.05, 4.69) is 4.98 Å². The highest BCUT2D eigenvalue weighted by Crippen LogP contribution is 2.17. The van der Waals surface area contributed by atoms with Crippen molar-refractivity contribution >= 4 is 22.6 Å². The average Bonchev–Trinajstić information content (AvgIpc) is 2.40. The highest BCUT2D eigenvalue weighted by atomic mass is 127. The number of aryl methyl sites for hydroxylation is 1. The average molecular weight is 374 g/mol. The van der Waals surface area contributed by atoms with E-state index < -0.39 is 5.82 Å². The summed E-state index contributed by atoms with van der Waals surface area (Å²) in [5, 5.41) is 0. The lowest BCUT2D eigenvalue weighted by atomic mass is 10.2. The Morgan fingerprint density at radius 3 is 2.84 bits per heavy atom. The number of methoxy groups -OCH3 is 1. The van der Waals surface area contributed by atoms with Crippen LogP contribution in [-0.4, -0.2) is 16.7 Å². The number of nitrogens with zero attached hydrogens (tertiary/aromatic N) is 2. The minimum Gasteiger partial charge on any atom is -0.497 e. The van der Waals surface area contributed by atoms with Gasteiger partial charge in [0.15, 0.2) is 0 Å². The molecule has 0 fully saturated rings. The normalized spacial score (nSPS) is 10.5. The van der Waals surface area contributed by atoms with Gasteiger partial charge in [-0.25, -0.2) is 9.37 Å². The van der Waals surface area contributed by atoms with E-state index in [9.17, 15) is 9.18 Å². The maximum absolute atomic E-state index is 13.9. The topological polar surface area (TPSA) is 44.1 Å². The van der Waals surface area contributed by atoms with Gasteiger partial charge in [-0.2, -0.15) is 0 Å². The van der Waals surface area contributed by atoms with Crippen molar-refractivity contribution < 1.29 is 9.13 Å². The number of halogens is 2. The van der Waals surface area contributed by atoms with Gasteiger partial charge in [-0.05, 0) is 35.6 Å². The Kier molecular flexibility index (Phi) is 4.18. The molecule has 19 heavy (non-hydrogen) atoms. The molecule has 0 atom stereocenters. The van der Waals surface area contributed by atoms with Gasteiger partial charge in [0.1, 0.15) is 17.4 Å². The molecule has 2 aromatic rings. The molecular formula is C13H12FIN2O2. The van der Waals surface area contributed by atoms with Crippen LogP contribution in [0.1, 0.15) is 11.4 Å². The third kappa shape index (κ3) is 2.94. The lowest BCUT2D eigenvalue weighted by molar-refractivity contribution is 0.410. The monoisotopic (exact) mass is 374 g/mol. The molecule has 0 saturated carbocycles. The van der Waals surface area contributed by atoms with Crippen molar-refractivity contribution in [1.29, 1.82) is 0 Å². The molecule has 6 heteroatoms. The quantitative estimate of drug-likeness (QED) is 0.775. The summed E-state index contributed by atoms with van der Waals surface area (Å²) in [5.41, 5.74) is 0.262. The van der Waals surface area contributed by atoms with Crippen LogP contribution in [0.2, 0.25) is 0 Å². The molecule has 1 aromatic heterocycles. The smallest absolute Gasteiger partial charge is 0.267 e. The Morgan fingerprint density at radius 2 is 2.21 bits per heavy atom. The molecule has 0 radical (unpaired) electrons. The summed E-state index contributed by atoms with van der Waals surface area (Å²) in [5.74, 6) is 0.608. The molecule has 0 amide bonds. The molecule has 0 N–H and O–H groups in total. The number of aromatic nitrogens is 2. The van der Waals surface area contributed by atoms with Crippen molar-refractivity contribution in [2.45, 2.75) is 13.5 Å². The van der Waals surface area contributed by atoms with Gasteiger partial charge < -0.3 is 4.74 Å². The van der Waals surface area contributed by atoms with E-state index in [-0.39, 0.29) is 12.1 Å². The number of rotatable bonds is 3. The van der Waals surface area contributed by atoms with Crippen LogP contribution >= 0.6 is 22.6 Å². The molecular weight excluding hydrogens is 362 g/mol. The summed E-state index contributed by atoms with van der Waals surface area (Å²) in [7, 11) is 1.48. The molecule has 1 heterocycles. The fourth-order valence-electron chi connectivity index (χ4n) is 1.69. The van der Waals surface area contributed by atoms with E-state index in [1.165, 1.54) is 23.9 Å². The zero-order chi connectivity index (χ0) is 14.0. The van der Waals surface area contributed by atoms with E-state index in [0.717, 1.165) is 0 Å². The number of ether oxygens (including phenoxy) is 1. The van der Waals surface area contributed by atoms with Crippen molar-refractivity contribution in [3.05, 3.63) is 55.5 Å². The SMILES string of the molecule is COc1ccc(Cn2c(C)ncc(I)c2=O)c(F)c1. The van der Waals surface area contributed by atoms with Crippen molar-refractivity contribution in [3.8, 4) is 5.75 Å². The Labute approximate surface area is 123 Å². The highest BCUT2D eigenvalue weighted by Gasteiger charge is 2.10. The fraction of sp³-hybridized carbons (Fsp3) is 0.231. The minimum atomic E-state index is -0.399. The largest absolute Gasteiger partial charge is 0.497 e. The molecule has 0 aliphatic heterocycles. The summed E-state index contributed by atoms with van der Waals surface area (Å²) in [6.45, 7) is 1.88. The molecule has 0 aliphatic rings. The Hall–Kier alpha value is -1.44. The maximum atomic E-state index is 13.9. The summed E-state index contributed by atoms with van der Waals surface area (Å²) < 4.78 is 20.8. The van der Waals surface area contributed by atoms with E-state index >= 15 is 0 Å². The second-order valence-electron chi connectivity index (χ2n) is 4.00. The lowest BCUT2D eigenvalue weighted by Crippen LogP contribution is -2.26. The predicted molar refractivity (Wildman–Crippen MR) is 78.0 cm³/mol. The van der Waals surface area contributed by atoms with E-state index in [4.69, 9.17) is 4.74 Å². The fourth-order valence-corrected chi connectivity index (χ4v) is 2.12. The van der Waals surface area contributed by atoms with Gasteiger partial charge in [0.25, 0.3) is 5.56 Å². The second kappa shape index (κ2) is 5.68. The Bertz CT molecular complexity index is 670. The van der Waals surface area contributed by atoms with E-state index in [1.54, 1.807) is 19.1 Å². The van der Waals surface area contributed by atoms with Crippen molar-refractivity contribution in [3.63, 3.8) is 0 Å². The van der Waals surface area contributed by atoms with Gasteiger partial charge in [0, 0.05) is 17.8 Å². The Morgan fingerprint density at radius 1 is 1.47 bits per heavy atom.